The maximum absolute atomic E-state index is 5.73. The SMILES string of the molecule is CCCC[NH+](CCCl)CCCC.[Cl-]. The van der Waals surface area contributed by atoms with Crippen molar-refractivity contribution < 1.29 is 17.3 Å². The molecule has 0 aliphatic rings. The Morgan fingerprint density at radius 3 is 1.69 bits per heavy atom. The van der Waals surface area contributed by atoms with Crippen LogP contribution in [-0.4, -0.2) is 25.5 Å². The zero-order chi connectivity index (χ0) is 9.23. The highest BCUT2D eigenvalue weighted by Gasteiger charge is 2.04. The van der Waals surface area contributed by atoms with E-state index >= 15 is 0 Å². The predicted octanol–water partition coefficient (Wildman–Crippen LogP) is -1.29. The van der Waals surface area contributed by atoms with Crippen molar-refractivity contribution in [3.05, 3.63) is 0 Å². The number of nitrogens with one attached hydrogen (secondary N) is 1. The molecule has 0 saturated carbocycles. The van der Waals surface area contributed by atoms with Gasteiger partial charge in [-0.1, -0.05) is 26.7 Å². The Morgan fingerprint density at radius 2 is 1.38 bits per heavy atom. The summed E-state index contributed by atoms with van der Waals surface area (Å²) in [7, 11) is 0. The van der Waals surface area contributed by atoms with Crippen LogP contribution < -0.4 is 17.3 Å². The number of halogens is 2. The van der Waals surface area contributed by atoms with E-state index in [9.17, 15) is 0 Å². The molecule has 0 aromatic heterocycles. The van der Waals surface area contributed by atoms with Crippen LogP contribution in [-0.2, 0) is 0 Å². The van der Waals surface area contributed by atoms with Crippen molar-refractivity contribution in [1.82, 2.24) is 0 Å². The summed E-state index contributed by atoms with van der Waals surface area (Å²) in [6.07, 6.45) is 5.29. The molecule has 0 rings (SSSR count). The van der Waals surface area contributed by atoms with Crippen molar-refractivity contribution in [3.8, 4) is 0 Å². The number of quaternary nitrogens is 1. The summed E-state index contributed by atoms with van der Waals surface area (Å²) in [6, 6.07) is 0. The Balaban J connectivity index is 0. The topological polar surface area (TPSA) is 4.44 Å². The van der Waals surface area contributed by atoms with E-state index in [1.165, 1.54) is 38.8 Å². The van der Waals surface area contributed by atoms with E-state index in [1.54, 1.807) is 4.90 Å². The minimum absolute atomic E-state index is 0. The highest BCUT2D eigenvalue weighted by molar-refractivity contribution is 6.17. The van der Waals surface area contributed by atoms with Gasteiger partial charge in [-0.15, -0.1) is 11.6 Å². The average Bonchev–Trinajstić information content (AvgIpc) is 2.10. The molecule has 0 spiro atoms. The molecule has 0 fully saturated rings. The first-order valence-corrected chi connectivity index (χ1v) is 5.78. The molecule has 3 heteroatoms. The molecule has 0 atom stereocenters. The first kappa shape index (κ1) is 16.0. The van der Waals surface area contributed by atoms with Crippen LogP contribution >= 0.6 is 11.6 Å². The van der Waals surface area contributed by atoms with Crippen LogP contribution in [0.2, 0.25) is 0 Å². The summed E-state index contributed by atoms with van der Waals surface area (Å²) in [4.78, 5) is 1.69. The van der Waals surface area contributed by atoms with Crippen LogP contribution in [0.5, 0.6) is 0 Å². The van der Waals surface area contributed by atoms with E-state index in [1.807, 2.05) is 0 Å². The van der Waals surface area contributed by atoms with E-state index in [4.69, 9.17) is 11.6 Å². The standard InChI is InChI=1S/C10H22ClN.ClH/c1-3-5-8-12(10-7-11)9-6-4-2;/h3-10H2,1-2H3;1H. The fourth-order valence-corrected chi connectivity index (χ4v) is 1.63. The van der Waals surface area contributed by atoms with Gasteiger partial charge in [0.1, 0.15) is 0 Å². The molecule has 0 aromatic rings. The molecule has 1 nitrogen and oxygen atoms in total. The molecule has 1 N–H and O–H groups in total. The molecular weight excluding hydrogens is 205 g/mol. The maximum Gasteiger partial charge on any atom is 0.0908 e. The smallest absolute Gasteiger partial charge is 0.0908 e. The van der Waals surface area contributed by atoms with Crippen LogP contribution in [0.3, 0.4) is 0 Å². The van der Waals surface area contributed by atoms with Crippen molar-refractivity contribution in [3.63, 3.8) is 0 Å². The van der Waals surface area contributed by atoms with Crippen molar-refractivity contribution in [2.24, 2.45) is 0 Å². The lowest BCUT2D eigenvalue weighted by Crippen LogP contribution is -3.12. The Hall–Kier alpha value is 0.540. The second-order valence-electron chi connectivity index (χ2n) is 3.40. The average molecular weight is 228 g/mol. The fraction of sp³-hybridized carbons (Fsp3) is 1.00. The summed E-state index contributed by atoms with van der Waals surface area (Å²) in [5.74, 6) is 0.808. The van der Waals surface area contributed by atoms with E-state index < -0.39 is 0 Å². The van der Waals surface area contributed by atoms with E-state index in [0.717, 1.165) is 12.4 Å². The van der Waals surface area contributed by atoms with Crippen molar-refractivity contribution in [2.75, 3.05) is 25.5 Å². The van der Waals surface area contributed by atoms with Crippen LogP contribution in [0.15, 0.2) is 0 Å². The van der Waals surface area contributed by atoms with Gasteiger partial charge < -0.3 is 17.3 Å². The molecule has 0 aliphatic carbocycles. The Morgan fingerprint density at radius 1 is 0.923 bits per heavy atom. The fourth-order valence-electron chi connectivity index (χ4n) is 1.36. The number of rotatable bonds is 8. The van der Waals surface area contributed by atoms with Crippen molar-refractivity contribution in [1.29, 1.82) is 0 Å². The monoisotopic (exact) mass is 227 g/mol. The third-order valence-electron chi connectivity index (χ3n) is 2.22. The third kappa shape index (κ3) is 10.5. The molecule has 0 radical (unpaired) electrons. The van der Waals surface area contributed by atoms with Gasteiger partial charge in [0.15, 0.2) is 0 Å². The van der Waals surface area contributed by atoms with Gasteiger partial charge >= 0.3 is 0 Å². The van der Waals surface area contributed by atoms with Gasteiger partial charge in [-0.05, 0) is 12.8 Å². The van der Waals surface area contributed by atoms with Crippen LogP contribution in [0, 0.1) is 0 Å². The third-order valence-corrected chi connectivity index (χ3v) is 2.40. The predicted molar refractivity (Wildman–Crippen MR) is 56.1 cm³/mol. The minimum atomic E-state index is 0. The normalized spacial score (nSPS) is 10.2. The van der Waals surface area contributed by atoms with E-state index in [2.05, 4.69) is 13.8 Å². The highest BCUT2D eigenvalue weighted by atomic mass is 35.5. The molecule has 82 valence electrons. The first-order chi connectivity index (χ1) is 5.85. The number of alkyl halides is 1. The second-order valence-corrected chi connectivity index (χ2v) is 3.77. The highest BCUT2D eigenvalue weighted by Crippen LogP contribution is 1.83. The summed E-state index contributed by atoms with van der Waals surface area (Å²) in [5, 5.41) is 0. The quantitative estimate of drug-likeness (QED) is 0.493. The van der Waals surface area contributed by atoms with Gasteiger partial charge in [-0.3, -0.25) is 0 Å². The Labute approximate surface area is 94.2 Å². The van der Waals surface area contributed by atoms with Gasteiger partial charge in [-0.25, -0.2) is 0 Å². The lowest BCUT2D eigenvalue weighted by molar-refractivity contribution is -0.898. The Kier molecular flexibility index (Phi) is 15.4. The summed E-state index contributed by atoms with van der Waals surface area (Å²) < 4.78 is 0. The number of hydrogen-bond donors (Lipinski definition) is 1. The number of hydrogen-bond acceptors (Lipinski definition) is 0. The lowest BCUT2D eigenvalue weighted by atomic mass is 10.2. The van der Waals surface area contributed by atoms with Gasteiger partial charge in [-0.2, -0.15) is 0 Å². The van der Waals surface area contributed by atoms with Gasteiger partial charge in [0.25, 0.3) is 0 Å². The molecule has 0 unspecified atom stereocenters. The maximum atomic E-state index is 5.73. The Bertz CT molecular complexity index is 81.0. The van der Waals surface area contributed by atoms with Gasteiger partial charge in [0.05, 0.1) is 25.5 Å². The van der Waals surface area contributed by atoms with Gasteiger partial charge in [0, 0.05) is 0 Å². The van der Waals surface area contributed by atoms with Crippen molar-refractivity contribution in [2.45, 2.75) is 39.5 Å². The molecular formula is C10H23Cl2N. The molecule has 0 aliphatic heterocycles. The molecule has 0 amide bonds. The summed E-state index contributed by atoms with van der Waals surface area (Å²) in [6.45, 7) is 8.25. The van der Waals surface area contributed by atoms with Crippen LogP contribution in [0.4, 0.5) is 0 Å². The molecule has 13 heavy (non-hydrogen) atoms. The van der Waals surface area contributed by atoms with E-state index in [0.29, 0.717) is 0 Å². The second kappa shape index (κ2) is 12.5. The largest absolute Gasteiger partial charge is 1.00 e. The molecule has 0 heterocycles. The van der Waals surface area contributed by atoms with Gasteiger partial charge in [0.2, 0.25) is 0 Å². The first-order valence-electron chi connectivity index (χ1n) is 5.24. The zero-order valence-corrected chi connectivity index (χ0v) is 10.4. The minimum Gasteiger partial charge on any atom is -1.00 e. The summed E-state index contributed by atoms with van der Waals surface area (Å²) >= 11 is 5.73. The molecule has 0 bridgehead atoms. The number of unbranched alkanes of at least 4 members (excludes halogenated alkanes) is 2. The lowest BCUT2D eigenvalue weighted by Gasteiger charge is -2.17. The van der Waals surface area contributed by atoms with Crippen LogP contribution in [0.1, 0.15) is 39.5 Å². The molecule has 0 aromatic carbocycles. The van der Waals surface area contributed by atoms with E-state index in [-0.39, 0.29) is 12.4 Å². The summed E-state index contributed by atoms with van der Waals surface area (Å²) in [5.41, 5.74) is 0. The van der Waals surface area contributed by atoms with Crippen molar-refractivity contribution >= 4 is 11.6 Å². The molecule has 0 saturated heterocycles. The zero-order valence-electron chi connectivity index (χ0n) is 8.91. The van der Waals surface area contributed by atoms with Crippen LogP contribution in [0.25, 0.3) is 0 Å².